The van der Waals surface area contributed by atoms with E-state index in [9.17, 15) is 13.6 Å². The van der Waals surface area contributed by atoms with E-state index >= 15 is 0 Å². The average Bonchev–Trinajstić information content (AvgIpc) is 3.02. The summed E-state index contributed by atoms with van der Waals surface area (Å²) in [6.07, 6.45) is 0. The third kappa shape index (κ3) is 2.12. The fraction of sp³-hybridized carbons (Fsp3) is 0.188. The van der Waals surface area contributed by atoms with E-state index in [-0.39, 0.29) is 0 Å². The third-order valence-corrected chi connectivity index (χ3v) is 3.88. The zero-order valence-corrected chi connectivity index (χ0v) is 11.1. The van der Waals surface area contributed by atoms with Gasteiger partial charge in [-0.25, -0.2) is 8.78 Å². The molecule has 1 fully saturated rings. The Morgan fingerprint density at radius 3 is 2.20 bits per heavy atom. The van der Waals surface area contributed by atoms with Gasteiger partial charge in [-0.05, 0) is 17.7 Å². The number of halogens is 3. The molecule has 2 aromatic rings. The first kappa shape index (κ1) is 13.3. The number of Topliss-reactive ketones (excluding diaryl/α,β-unsaturated/α-hetero) is 1. The number of carbonyl (C=O) groups is 1. The number of benzene rings is 2. The van der Waals surface area contributed by atoms with Crippen LogP contribution in [0.4, 0.5) is 8.78 Å². The predicted octanol–water partition coefficient (Wildman–Crippen LogP) is 4.57. The van der Waals surface area contributed by atoms with Gasteiger partial charge >= 0.3 is 0 Å². The number of hydrogen-bond donors (Lipinski definition) is 0. The smallest absolute Gasteiger partial charge is 0.266 e. The Kier molecular flexibility index (Phi) is 3.09. The van der Waals surface area contributed by atoms with E-state index in [1.165, 1.54) is 0 Å². The number of carbonyl (C=O) groups excluding carboxylic acids is 1. The lowest BCUT2D eigenvalue weighted by Gasteiger charge is -1.99. The normalized spacial score (nSPS) is 23.4. The van der Waals surface area contributed by atoms with Gasteiger partial charge in [-0.15, -0.1) is 0 Å². The maximum Gasteiger partial charge on any atom is 0.266 e. The summed E-state index contributed by atoms with van der Waals surface area (Å²) in [6, 6.07) is 14.5. The van der Waals surface area contributed by atoms with Gasteiger partial charge in [0.25, 0.3) is 5.92 Å². The average molecular weight is 293 g/mol. The molecule has 2 atom stereocenters. The van der Waals surface area contributed by atoms with Crippen molar-refractivity contribution < 1.29 is 13.6 Å². The molecule has 1 saturated carbocycles. The van der Waals surface area contributed by atoms with Crippen molar-refractivity contribution in [3.05, 3.63) is 70.7 Å². The Hall–Kier alpha value is -1.74. The Bertz CT molecular complexity index is 637. The van der Waals surface area contributed by atoms with E-state index in [1.807, 2.05) is 0 Å². The van der Waals surface area contributed by atoms with Crippen molar-refractivity contribution in [2.24, 2.45) is 5.92 Å². The van der Waals surface area contributed by atoms with Crippen LogP contribution in [0.5, 0.6) is 0 Å². The van der Waals surface area contributed by atoms with Gasteiger partial charge in [0.05, 0.1) is 11.8 Å². The maximum atomic E-state index is 13.9. The topological polar surface area (TPSA) is 17.1 Å². The Morgan fingerprint density at radius 2 is 1.60 bits per heavy atom. The van der Waals surface area contributed by atoms with Crippen molar-refractivity contribution in [1.29, 1.82) is 0 Å². The molecule has 1 aliphatic carbocycles. The molecule has 0 N–H and O–H groups in total. The molecule has 0 saturated heterocycles. The zero-order chi connectivity index (χ0) is 14.3. The van der Waals surface area contributed by atoms with Crippen LogP contribution in [0.2, 0.25) is 5.02 Å². The largest absolute Gasteiger partial charge is 0.294 e. The first-order chi connectivity index (χ1) is 9.51. The molecule has 4 heteroatoms. The molecule has 3 rings (SSSR count). The van der Waals surface area contributed by atoms with Crippen LogP contribution in [-0.2, 0) is 0 Å². The molecule has 2 unspecified atom stereocenters. The van der Waals surface area contributed by atoms with Crippen molar-refractivity contribution in [3.63, 3.8) is 0 Å². The van der Waals surface area contributed by atoms with E-state index in [0.29, 0.717) is 16.1 Å². The summed E-state index contributed by atoms with van der Waals surface area (Å²) in [4.78, 5) is 12.2. The van der Waals surface area contributed by atoms with Crippen molar-refractivity contribution in [2.45, 2.75) is 11.8 Å². The Balaban J connectivity index is 1.88. The molecular weight excluding hydrogens is 282 g/mol. The highest BCUT2D eigenvalue weighted by Crippen LogP contribution is 2.62. The van der Waals surface area contributed by atoms with Crippen LogP contribution in [0.15, 0.2) is 54.6 Å². The highest BCUT2D eigenvalue weighted by molar-refractivity contribution is 6.30. The lowest BCUT2D eigenvalue weighted by Crippen LogP contribution is -2.07. The molecule has 0 spiro atoms. The van der Waals surface area contributed by atoms with Crippen LogP contribution in [0, 0.1) is 5.92 Å². The molecular formula is C16H11ClF2O. The zero-order valence-electron chi connectivity index (χ0n) is 10.4. The van der Waals surface area contributed by atoms with E-state index in [2.05, 4.69) is 0 Å². The number of hydrogen-bond acceptors (Lipinski definition) is 1. The van der Waals surface area contributed by atoms with Gasteiger partial charge in [0.1, 0.15) is 0 Å². The maximum absolute atomic E-state index is 13.9. The monoisotopic (exact) mass is 292 g/mol. The van der Waals surface area contributed by atoms with E-state index in [1.54, 1.807) is 54.6 Å². The molecule has 1 nitrogen and oxygen atoms in total. The third-order valence-electron chi connectivity index (χ3n) is 3.62. The highest BCUT2D eigenvalue weighted by Gasteiger charge is 2.71. The number of alkyl halides is 2. The van der Waals surface area contributed by atoms with Gasteiger partial charge < -0.3 is 0 Å². The van der Waals surface area contributed by atoms with Gasteiger partial charge in [-0.2, -0.15) is 0 Å². The van der Waals surface area contributed by atoms with Crippen LogP contribution in [-0.4, -0.2) is 11.7 Å². The van der Waals surface area contributed by atoms with Crippen LogP contribution in [0.25, 0.3) is 0 Å². The SMILES string of the molecule is O=C(c1ccccc1)C1C(c2ccc(Cl)cc2)C1(F)F. The molecule has 2 aromatic carbocycles. The molecule has 1 aliphatic rings. The van der Waals surface area contributed by atoms with Crippen molar-refractivity contribution in [2.75, 3.05) is 0 Å². The molecule has 0 amide bonds. The van der Waals surface area contributed by atoms with Crippen LogP contribution < -0.4 is 0 Å². The fourth-order valence-electron chi connectivity index (χ4n) is 2.52. The minimum Gasteiger partial charge on any atom is -0.294 e. The quantitative estimate of drug-likeness (QED) is 0.757. The number of ketones is 1. The lowest BCUT2D eigenvalue weighted by molar-refractivity contribution is 0.0742. The Labute approximate surface area is 120 Å². The van der Waals surface area contributed by atoms with Crippen molar-refractivity contribution in [3.8, 4) is 0 Å². The Morgan fingerprint density at radius 1 is 1.00 bits per heavy atom. The second-order valence-electron chi connectivity index (χ2n) is 4.91. The second kappa shape index (κ2) is 4.67. The van der Waals surface area contributed by atoms with Crippen molar-refractivity contribution >= 4 is 17.4 Å². The van der Waals surface area contributed by atoms with E-state index in [4.69, 9.17) is 11.6 Å². The standard InChI is InChI=1S/C16H11ClF2O/c17-12-8-6-10(7-9-12)13-14(16(13,18)19)15(20)11-4-2-1-3-5-11/h1-9,13-14H. The molecule has 0 aliphatic heterocycles. The summed E-state index contributed by atoms with van der Waals surface area (Å²) >= 11 is 5.75. The first-order valence-corrected chi connectivity index (χ1v) is 6.62. The fourth-order valence-corrected chi connectivity index (χ4v) is 2.65. The second-order valence-corrected chi connectivity index (χ2v) is 5.35. The molecule has 0 aromatic heterocycles. The summed E-state index contributed by atoms with van der Waals surface area (Å²) in [5, 5.41) is 0.489. The van der Waals surface area contributed by atoms with E-state index < -0.39 is 23.5 Å². The highest BCUT2D eigenvalue weighted by atomic mass is 35.5. The molecule has 0 radical (unpaired) electrons. The minimum atomic E-state index is -2.99. The van der Waals surface area contributed by atoms with Gasteiger partial charge in [-0.1, -0.05) is 54.1 Å². The summed E-state index contributed by atoms with van der Waals surface area (Å²) < 4.78 is 27.9. The van der Waals surface area contributed by atoms with Gasteiger partial charge in [0.2, 0.25) is 0 Å². The van der Waals surface area contributed by atoms with Crippen LogP contribution in [0.3, 0.4) is 0 Å². The van der Waals surface area contributed by atoms with E-state index in [0.717, 1.165) is 0 Å². The molecule has 102 valence electrons. The first-order valence-electron chi connectivity index (χ1n) is 6.24. The van der Waals surface area contributed by atoms with Gasteiger partial charge in [-0.3, -0.25) is 4.79 Å². The molecule has 0 bridgehead atoms. The van der Waals surface area contributed by atoms with Crippen LogP contribution in [0.1, 0.15) is 21.8 Å². The van der Waals surface area contributed by atoms with Gasteiger partial charge in [0.15, 0.2) is 5.78 Å². The predicted molar refractivity (Wildman–Crippen MR) is 73.4 cm³/mol. The summed E-state index contributed by atoms with van der Waals surface area (Å²) in [5.41, 5.74) is 0.780. The van der Waals surface area contributed by atoms with Crippen LogP contribution >= 0.6 is 11.6 Å². The molecule has 0 heterocycles. The number of rotatable bonds is 3. The van der Waals surface area contributed by atoms with Crippen molar-refractivity contribution in [1.82, 2.24) is 0 Å². The summed E-state index contributed by atoms with van der Waals surface area (Å²) in [7, 11) is 0. The minimum absolute atomic E-state index is 0.327. The molecule has 20 heavy (non-hydrogen) atoms. The summed E-state index contributed by atoms with van der Waals surface area (Å²) in [5.74, 6) is -5.81. The summed E-state index contributed by atoms with van der Waals surface area (Å²) in [6.45, 7) is 0. The van der Waals surface area contributed by atoms with Gasteiger partial charge in [0, 0.05) is 10.6 Å². The lowest BCUT2D eigenvalue weighted by atomic mass is 10.0.